The number of hydrogen-bond acceptors (Lipinski definition) is 2. The monoisotopic (exact) mass is 257 g/mol. The number of nitrogens with two attached hydrogens (primary N) is 1. The number of rotatable bonds is 4. The predicted molar refractivity (Wildman–Crippen MR) is 71.1 cm³/mol. The van der Waals surface area contributed by atoms with Crippen LogP contribution in [0.4, 0.5) is 0 Å². The van der Waals surface area contributed by atoms with Crippen molar-refractivity contribution in [1.82, 2.24) is 0 Å². The highest BCUT2D eigenvalue weighted by Gasteiger charge is 2.17. The number of carbonyl (C=O) groups is 1. The molecular weight excluding hydrogens is 238 g/mol. The first kappa shape index (κ1) is 15.9. The first-order chi connectivity index (χ1) is 8.02. The average molecular weight is 258 g/mol. The van der Waals surface area contributed by atoms with E-state index in [1.54, 1.807) is 0 Å². The van der Waals surface area contributed by atoms with Crippen LogP contribution >= 0.6 is 11.6 Å². The lowest BCUT2D eigenvalue weighted by Gasteiger charge is -2.11. The summed E-state index contributed by atoms with van der Waals surface area (Å²) in [5.41, 5.74) is 6.45. The van der Waals surface area contributed by atoms with Gasteiger partial charge in [0.05, 0.1) is 0 Å². The number of halogens is 1. The second-order valence-electron chi connectivity index (χ2n) is 3.87. The molecule has 0 bridgehead atoms. The van der Waals surface area contributed by atoms with Crippen molar-refractivity contribution in [2.24, 2.45) is 11.7 Å². The summed E-state index contributed by atoms with van der Waals surface area (Å²) in [4.78, 5) is 10.2. The molecule has 0 unspecified atom stereocenters. The lowest BCUT2D eigenvalue weighted by molar-refractivity contribution is -0.139. The van der Waals surface area contributed by atoms with Gasteiger partial charge < -0.3 is 10.8 Å². The Balaban J connectivity index is 0.000000302. The molecule has 1 aromatic rings. The standard InChI is InChI=1S/C7H7Cl.C6H13NO2/c8-6-7-4-2-1-3-5-7;1-3-4(2)5(7)6(8)9/h1-5H,6H2;4-5H,3,7H2,1-2H3,(H,8,9)/t;4-,5-/m.0/s1. The molecule has 0 saturated heterocycles. The number of carboxylic acids is 1. The van der Waals surface area contributed by atoms with Gasteiger partial charge in [-0.2, -0.15) is 0 Å². The third-order valence-electron chi connectivity index (χ3n) is 2.54. The molecule has 0 aliphatic rings. The van der Waals surface area contributed by atoms with Crippen LogP contribution in [0.25, 0.3) is 0 Å². The van der Waals surface area contributed by atoms with E-state index in [0.29, 0.717) is 5.88 Å². The van der Waals surface area contributed by atoms with Crippen LogP contribution < -0.4 is 5.73 Å². The fraction of sp³-hybridized carbons (Fsp3) is 0.462. The molecule has 0 aliphatic carbocycles. The Labute approximate surface area is 108 Å². The minimum absolute atomic E-state index is 0.0718. The van der Waals surface area contributed by atoms with Crippen LogP contribution in [0.2, 0.25) is 0 Å². The third-order valence-corrected chi connectivity index (χ3v) is 2.85. The molecule has 0 heterocycles. The number of benzene rings is 1. The summed E-state index contributed by atoms with van der Waals surface area (Å²) in [6, 6.07) is 9.26. The van der Waals surface area contributed by atoms with Gasteiger partial charge in [-0.05, 0) is 11.5 Å². The van der Waals surface area contributed by atoms with E-state index in [-0.39, 0.29) is 5.92 Å². The molecule has 17 heavy (non-hydrogen) atoms. The molecule has 4 heteroatoms. The molecule has 1 aromatic carbocycles. The fourth-order valence-electron chi connectivity index (χ4n) is 1.06. The second-order valence-corrected chi connectivity index (χ2v) is 4.14. The van der Waals surface area contributed by atoms with Crippen LogP contribution in [0.1, 0.15) is 25.8 Å². The van der Waals surface area contributed by atoms with Gasteiger partial charge in [-0.3, -0.25) is 4.79 Å². The molecule has 0 fully saturated rings. The maximum atomic E-state index is 10.2. The van der Waals surface area contributed by atoms with Gasteiger partial charge in [0.1, 0.15) is 6.04 Å². The summed E-state index contributed by atoms with van der Waals surface area (Å²) in [7, 11) is 0. The van der Waals surface area contributed by atoms with E-state index < -0.39 is 12.0 Å². The van der Waals surface area contributed by atoms with Crippen LogP contribution in [0.15, 0.2) is 30.3 Å². The molecule has 0 aromatic heterocycles. The lowest BCUT2D eigenvalue weighted by atomic mass is 10.0. The van der Waals surface area contributed by atoms with Gasteiger partial charge in [0.15, 0.2) is 0 Å². The minimum atomic E-state index is -0.913. The summed E-state index contributed by atoms with van der Waals surface area (Å²) >= 11 is 5.53. The molecule has 0 saturated carbocycles. The lowest BCUT2D eigenvalue weighted by Crippen LogP contribution is -2.36. The molecule has 0 spiro atoms. The zero-order valence-electron chi connectivity index (χ0n) is 10.3. The van der Waals surface area contributed by atoms with Crippen LogP contribution in [0.3, 0.4) is 0 Å². The van der Waals surface area contributed by atoms with E-state index in [4.69, 9.17) is 22.4 Å². The zero-order valence-corrected chi connectivity index (χ0v) is 11.0. The Morgan fingerprint density at radius 3 is 2.18 bits per heavy atom. The SMILES string of the molecule is CC[C@H](C)[C@H](N)C(=O)O.ClCc1ccccc1. The Hall–Kier alpha value is -1.06. The van der Waals surface area contributed by atoms with Crippen molar-refractivity contribution < 1.29 is 9.90 Å². The van der Waals surface area contributed by atoms with Crippen LogP contribution in [0, 0.1) is 5.92 Å². The molecule has 3 N–H and O–H groups in total. The maximum Gasteiger partial charge on any atom is 0.320 e. The van der Waals surface area contributed by atoms with Crippen molar-refractivity contribution in [2.75, 3.05) is 0 Å². The van der Waals surface area contributed by atoms with Gasteiger partial charge in [-0.25, -0.2) is 0 Å². The number of carboxylic acid groups (broad SMARTS) is 1. The highest BCUT2D eigenvalue weighted by atomic mass is 35.5. The second kappa shape index (κ2) is 9.02. The largest absolute Gasteiger partial charge is 0.480 e. The van der Waals surface area contributed by atoms with Crippen molar-refractivity contribution in [2.45, 2.75) is 32.2 Å². The molecule has 96 valence electrons. The Bertz CT molecular complexity index is 316. The van der Waals surface area contributed by atoms with Gasteiger partial charge in [0, 0.05) is 5.88 Å². The summed E-state index contributed by atoms with van der Waals surface area (Å²) < 4.78 is 0. The van der Waals surface area contributed by atoms with Crippen molar-refractivity contribution in [3.05, 3.63) is 35.9 Å². The van der Waals surface area contributed by atoms with Crippen molar-refractivity contribution >= 4 is 17.6 Å². The summed E-state index contributed by atoms with van der Waals surface area (Å²) in [6.45, 7) is 3.76. The molecular formula is C13H20ClNO2. The van der Waals surface area contributed by atoms with Crippen molar-refractivity contribution in [3.63, 3.8) is 0 Å². The van der Waals surface area contributed by atoms with Gasteiger partial charge >= 0.3 is 5.97 Å². The molecule has 0 amide bonds. The van der Waals surface area contributed by atoms with Gasteiger partial charge in [-0.15, -0.1) is 11.6 Å². The molecule has 1 rings (SSSR count). The summed E-state index contributed by atoms with van der Waals surface area (Å²) in [6.07, 6.45) is 0.813. The number of alkyl halides is 1. The Morgan fingerprint density at radius 2 is 1.94 bits per heavy atom. The molecule has 0 radical (unpaired) electrons. The highest BCUT2D eigenvalue weighted by molar-refractivity contribution is 6.17. The van der Waals surface area contributed by atoms with Crippen LogP contribution in [-0.4, -0.2) is 17.1 Å². The molecule has 3 nitrogen and oxygen atoms in total. The van der Waals surface area contributed by atoms with E-state index in [1.165, 1.54) is 5.56 Å². The number of hydrogen-bond donors (Lipinski definition) is 2. The first-order valence-corrected chi connectivity index (χ1v) is 6.14. The van der Waals surface area contributed by atoms with E-state index in [2.05, 4.69) is 0 Å². The smallest absolute Gasteiger partial charge is 0.320 e. The average Bonchev–Trinajstić information content (AvgIpc) is 2.38. The zero-order chi connectivity index (χ0) is 13.3. The van der Waals surface area contributed by atoms with Gasteiger partial charge in [0.25, 0.3) is 0 Å². The van der Waals surface area contributed by atoms with Gasteiger partial charge in [0.2, 0.25) is 0 Å². The van der Waals surface area contributed by atoms with Crippen LogP contribution in [-0.2, 0) is 10.7 Å². The van der Waals surface area contributed by atoms with Gasteiger partial charge in [-0.1, -0.05) is 50.6 Å². The van der Waals surface area contributed by atoms with Crippen molar-refractivity contribution in [3.8, 4) is 0 Å². The molecule has 2 atom stereocenters. The summed E-state index contributed by atoms with van der Waals surface area (Å²) in [5.74, 6) is -0.229. The maximum absolute atomic E-state index is 10.2. The van der Waals surface area contributed by atoms with Crippen LogP contribution in [0.5, 0.6) is 0 Å². The Morgan fingerprint density at radius 1 is 1.41 bits per heavy atom. The minimum Gasteiger partial charge on any atom is -0.480 e. The van der Waals surface area contributed by atoms with E-state index in [0.717, 1.165) is 6.42 Å². The third kappa shape index (κ3) is 6.97. The fourth-order valence-corrected chi connectivity index (χ4v) is 1.24. The first-order valence-electron chi connectivity index (χ1n) is 5.61. The van der Waals surface area contributed by atoms with Crippen molar-refractivity contribution in [1.29, 1.82) is 0 Å². The quantitative estimate of drug-likeness (QED) is 0.816. The summed E-state index contributed by atoms with van der Waals surface area (Å²) in [5, 5.41) is 8.36. The molecule has 0 aliphatic heterocycles. The van der Waals surface area contributed by atoms with E-state index in [1.807, 2.05) is 44.2 Å². The Kier molecular flexibility index (Phi) is 8.46. The normalized spacial score (nSPS) is 13.2. The highest BCUT2D eigenvalue weighted by Crippen LogP contribution is 2.04. The number of aliphatic carboxylic acids is 1. The van der Waals surface area contributed by atoms with E-state index >= 15 is 0 Å². The topological polar surface area (TPSA) is 63.3 Å². The van der Waals surface area contributed by atoms with E-state index in [9.17, 15) is 4.79 Å². The predicted octanol–water partition coefficient (Wildman–Crippen LogP) is 2.87.